The van der Waals surface area contributed by atoms with Crippen LogP contribution in [0.5, 0.6) is 0 Å². The normalized spacial score (nSPS) is 17.1. The Labute approximate surface area is 145 Å². The zero-order valence-corrected chi connectivity index (χ0v) is 14.6. The highest BCUT2D eigenvalue weighted by Crippen LogP contribution is 2.34. The topological polar surface area (TPSA) is 21.3 Å². The molecule has 0 aromatic heterocycles. The minimum atomic E-state index is -0.165. The highest BCUT2D eigenvalue weighted by atomic mass is 79.9. The van der Waals surface area contributed by atoms with E-state index in [1.54, 1.807) is 6.07 Å². The lowest BCUT2D eigenvalue weighted by Crippen LogP contribution is -2.42. The molecule has 0 atom stereocenters. The number of halogens is 2. The molecular formula is C19H21BrFNO. The Morgan fingerprint density at radius 1 is 1.09 bits per heavy atom. The molecule has 0 radical (unpaired) electrons. The Hall–Kier alpha value is -1.23. The van der Waals surface area contributed by atoms with Crippen molar-refractivity contribution in [3.05, 3.63) is 69.9 Å². The second-order valence-electron chi connectivity index (χ2n) is 6.10. The first-order chi connectivity index (χ1) is 11.2. The zero-order chi connectivity index (χ0) is 16.1. The van der Waals surface area contributed by atoms with Crippen molar-refractivity contribution < 1.29 is 9.13 Å². The third kappa shape index (κ3) is 4.00. The Kier molecular flexibility index (Phi) is 5.46. The van der Waals surface area contributed by atoms with Crippen LogP contribution < -0.4 is 5.32 Å². The highest BCUT2D eigenvalue weighted by molar-refractivity contribution is 9.10. The molecule has 1 heterocycles. The fourth-order valence-electron chi connectivity index (χ4n) is 3.24. The van der Waals surface area contributed by atoms with Crippen LogP contribution in [0.4, 0.5) is 4.39 Å². The molecule has 1 saturated heterocycles. The number of ether oxygens (including phenoxy) is 1. The first-order valence-electron chi connectivity index (χ1n) is 7.98. The molecule has 2 aromatic carbocycles. The minimum absolute atomic E-state index is 0.0714. The van der Waals surface area contributed by atoms with Crippen molar-refractivity contribution in [3.8, 4) is 0 Å². The van der Waals surface area contributed by atoms with Gasteiger partial charge in [-0.1, -0.05) is 46.3 Å². The molecule has 4 heteroatoms. The summed E-state index contributed by atoms with van der Waals surface area (Å²) < 4.78 is 20.3. The Morgan fingerprint density at radius 2 is 1.83 bits per heavy atom. The molecule has 23 heavy (non-hydrogen) atoms. The standard InChI is InChI=1S/C19H21BrFNO/c20-17-6-7-18(21)15(12-17)13-22-14-19(8-10-23-11-9-19)16-4-2-1-3-5-16/h1-7,12,22H,8-11,13-14H2. The van der Waals surface area contributed by atoms with Crippen LogP contribution in [0.2, 0.25) is 0 Å². The Bertz CT molecular complexity index is 641. The first kappa shape index (κ1) is 16.6. The van der Waals surface area contributed by atoms with Crippen LogP contribution in [0.15, 0.2) is 53.0 Å². The van der Waals surface area contributed by atoms with Crippen molar-refractivity contribution in [2.75, 3.05) is 19.8 Å². The number of hydrogen-bond acceptors (Lipinski definition) is 2. The second-order valence-corrected chi connectivity index (χ2v) is 7.01. The summed E-state index contributed by atoms with van der Waals surface area (Å²) in [6.07, 6.45) is 1.98. The molecule has 2 aromatic rings. The Morgan fingerprint density at radius 3 is 2.57 bits per heavy atom. The lowest BCUT2D eigenvalue weighted by atomic mass is 9.74. The summed E-state index contributed by atoms with van der Waals surface area (Å²) in [5.41, 5.74) is 2.10. The molecule has 1 aliphatic rings. The van der Waals surface area contributed by atoms with E-state index < -0.39 is 0 Å². The van der Waals surface area contributed by atoms with Crippen LogP contribution in [0.3, 0.4) is 0 Å². The fourth-order valence-corrected chi connectivity index (χ4v) is 3.65. The molecule has 0 saturated carbocycles. The molecule has 0 unspecified atom stereocenters. The van der Waals surface area contributed by atoms with Gasteiger partial charge in [0.25, 0.3) is 0 Å². The second kappa shape index (κ2) is 7.56. The molecule has 0 bridgehead atoms. The van der Waals surface area contributed by atoms with Crippen molar-refractivity contribution in [3.63, 3.8) is 0 Å². The Balaban J connectivity index is 1.71. The maximum absolute atomic E-state index is 13.9. The molecular weight excluding hydrogens is 357 g/mol. The van der Waals surface area contributed by atoms with Crippen LogP contribution in [0.1, 0.15) is 24.0 Å². The van der Waals surface area contributed by atoms with Crippen molar-refractivity contribution in [2.24, 2.45) is 0 Å². The van der Waals surface area contributed by atoms with E-state index in [-0.39, 0.29) is 11.2 Å². The third-order valence-corrected chi connectivity index (χ3v) is 5.12. The van der Waals surface area contributed by atoms with Gasteiger partial charge >= 0.3 is 0 Å². The van der Waals surface area contributed by atoms with Gasteiger partial charge in [0.2, 0.25) is 0 Å². The molecule has 0 amide bonds. The molecule has 3 rings (SSSR count). The molecule has 122 valence electrons. The summed E-state index contributed by atoms with van der Waals surface area (Å²) in [7, 11) is 0. The largest absolute Gasteiger partial charge is 0.381 e. The monoisotopic (exact) mass is 377 g/mol. The van der Waals surface area contributed by atoms with Gasteiger partial charge in [-0.05, 0) is 36.6 Å². The maximum atomic E-state index is 13.9. The van der Waals surface area contributed by atoms with E-state index in [0.717, 1.165) is 37.1 Å². The highest BCUT2D eigenvalue weighted by Gasteiger charge is 2.33. The van der Waals surface area contributed by atoms with Crippen LogP contribution >= 0.6 is 15.9 Å². The van der Waals surface area contributed by atoms with E-state index in [4.69, 9.17) is 4.74 Å². The molecule has 0 aliphatic carbocycles. The first-order valence-corrected chi connectivity index (χ1v) is 8.77. The van der Waals surface area contributed by atoms with E-state index >= 15 is 0 Å². The van der Waals surface area contributed by atoms with Crippen LogP contribution in [0.25, 0.3) is 0 Å². The summed E-state index contributed by atoms with van der Waals surface area (Å²) in [4.78, 5) is 0. The predicted octanol–water partition coefficient (Wildman–Crippen LogP) is 4.43. The van der Waals surface area contributed by atoms with Gasteiger partial charge in [-0.25, -0.2) is 4.39 Å². The van der Waals surface area contributed by atoms with Gasteiger partial charge in [0.05, 0.1) is 0 Å². The SMILES string of the molecule is Fc1ccc(Br)cc1CNCC1(c2ccccc2)CCOCC1. The molecule has 1 aliphatic heterocycles. The lowest BCUT2D eigenvalue weighted by molar-refractivity contribution is 0.0497. The van der Waals surface area contributed by atoms with Gasteiger partial charge < -0.3 is 10.1 Å². The van der Waals surface area contributed by atoms with Gasteiger partial charge in [-0.15, -0.1) is 0 Å². The van der Waals surface area contributed by atoms with Crippen molar-refractivity contribution in [1.82, 2.24) is 5.32 Å². The predicted molar refractivity (Wildman–Crippen MR) is 94.0 cm³/mol. The number of rotatable bonds is 5. The van der Waals surface area contributed by atoms with E-state index in [0.29, 0.717) is 12.1 Å². The molecule has 1 fully saturated rings. The maximum Gasteiger partial charge on any atom is 0.127 e. The average Bonchev–Trinajstić information content (AvgIpc) is 2.60. The number of benzene rings is 2. The smallest absolute Gasteiger partial charge is 0.127 e. The number of hydrogen-bond donors (Lipinski definition) is 1. The van der Waals surface area contributed by atoms with Crippen molar-refractivity contribution in [2.45, 2.75) is 24.8 Å². The van der Waals surface area contributed by atoms with E-state index in [9.17, 15) is 4.39 Å². The van der Waals surface area contributed by atoms with E-state index in [2.05, 4.69) is 45.5 Å². The average molecular weight is 378 g/mol. The third-order valence-electron chi connectivity index (χ3n) is 4.62. The quantitative estimate of drug-likeness (QED) is 0.832. The van der Waals surface area contributed by atoms with Gasteiger partial charge in [-0.2, -0.15) is 0 Å². The molecule has 0 spiro atoms. The van der Waals surface area contributed by atoms with Gasteiger partial charge in [0.15, 0.2) is 0 Å². The van der Waals surface area contributed by atoms with Gasteiger partial charge in [0, 0.05) is 41.8 Å². The molecule has 2 nitrogen and oxygen atoms in total. The summed E-state index contributed by atoms with van der Waals surface area (Å²) in [5.74, 6) is -0.165. The van der Waals surface area contributed by atoms with Crippen LogP contribution in [-0.4, -0.2) is 19.8 Å². The number of nitrogens with one attached hydrogen (secondary N) is 1. The van der Waals surface area contributed by atoms with E-state index in [1.807, 2.05) is 12.1 Å². The summed E-state index contributed by atoms with van der Waals surface area (Å²) in [5, 5.41) is 3.46. The van der Waals surface area contributed by atoms with Crippen molar-refractivity contribution >= 4 is 15.9 Å². The summed E-state index contributed by atoms with van der Waals surface area (Å²) in [6.45, 7) is 2.91. The van der Waals surface area contributed by atoms with Crippen LogP contribution in [0, 0.1) is 5.82 Å². The minimum Gasteiger partial charge on any atom is -0.381 e. The van der Waals surface area contributed by atoms with Crippen molar-refractivity contribution in [1.29, 1.82) is 0 Å². The van der Waals surface area contributed by atoms with Gasteiger partial charge in [0.1, 0.15) is 5.82 Å². The van der Waals surface area contributed by atoms with Crippen LogP contribution in [-0.2, 0) is 16.7 Å². The summed E-state index contributed by atoms with van der Waals surface area (Å²) in [6, 6.07) is 15.6. The zero-order valence-electron chi connectivity index (χ0n) is 13.0. The molecule has 1 N–H and O–H groups in total. The summed E-state index contributed by atoms with van der Waals surface area (Å²) >= 11 is 3.40. The lowest BCUT2D eigenvalue weighted by Gasteiger charge is -2.38. The fraction of sp³-hybridized carbons (Fsp3) is 0.368. The van der Waals surface area contributed by atoms with E-state index in [1.165, 1.54) is 11.6 Å². The van der Waals surface area contributed by atoms with Gasteiger partial charge in [-0.3, -0.25) is 0 Å².